The van der Waals surface area contributed by atoms with Crippen LogP contribution in [0.5, 0.6) is 11.5 Å². The molecular formula is C25H23N5O5. The Morgan fingerprint density at radius 3 is 2.74 bits per heavy atom. The van der Waals surface area contributed by atoms with Gasteiger partial charge in [0.15, 0.2) is 11.5 Å². The van der Waals surface area contributed by atoms with E-state index in [0.29, 0.717) is 49.4 Å². The van der Waals surface area contributed by atoms with E-state index < -0.39 is 23.3 Å². The van der Waals surface area contributed by atoms with Crippen molar-refractivity contribution in [3.63, 3.8) is 0 Å². The van der Waals surface area contributed by atoms with Gasteiger partial charge in [-0.05, 0) is 29.7 Å². The van der Waals surface area contributed by atoms with Gasteiger partial charge in [0, 0.05) is 31.3 Å². The number of benzene rings is 2. The van der Waals surface area contributed by atoms with Crippen LogP contribution in [0.4, 0.5) is 17.5 Å². The summed E-state index contributed by atoms with van der Waals surface area (Å²) in [5.41, 5.74) is 2.75. The number of hydrogen-bond acceptors (Lipinski definition) is 7. The molecule has 10 heteroatoms. The molecule has 3 N–H and O–H groups in total. The van der Waals surface area contributed by atoms with E-state index in [2.05, 4.69) is 32.7 Å². The summed E-state index contributed by atoms with van der Waals surface area (Å²) in [5.74, 6) is 0.0435. The molecule has 0 spiro atoms. The van der Waals surface area contributed by atoms with Gasteiger partial charge in [-0.1, -0.05) is 24.3 Å². The van der Waals surface area contributed by atoms with Crippen LogP contribution >= 0.6 is 0 Å². The molecule has 0 bridgehead atoms. The zero-order valence-corrected chi connectivity index (χ0v) is 18.8. The molecule has 0 fully saturated rings. The van der Waals surface area contributed by atoms with E-state index in [1.165, 1.54) is 11.1 Å². The summed E-state index contributed by atoms with van der Waals surface area (Å²) in [6, 6.07) is 13.3. The Morgan fingerprint density at radius 2 is 1.89 bits per heavy atom. The monoisotopic (exact) mass is 473 g/mol. The lowest BCUT2D eigenvalue weighted by Crippen LogP contribution is -2.33. The molecule has 3 aromatic rings. The molecule has 0 aliphatic carbocycles. The third-order valence-electron chi connectivity index (χ3n) is 6.49. The first-order chi connectivity index (χ1) is 17.0. The van der Waals surface area contributed by atoms with Crippen LogP contribution in [0.15, 0.2) is 47.3 Å². The first-order valence-corrected chi connectivity index (χ1v) is 11.5. The number of anilines is 3. The van der Waals surface area contributed by atoms with Gasteiger partial charge in [0.05, 0.1) is 11.5 Å². The van der Waals surface area contributed by atoms with E-state index in [-0.39, 0.29) is 17.8 Å². The van der Waals surface area contributed by atoms with Crippen LogP contribution in [-0.2, 0) is 22.6 Å². The Balaban J connectivity index is 1.19. The third kappa shape index (κ3) is 3.96. The van der Waals surface area contributed by atoms with E-state index in [1.54, 1.807) is 18.2 Å². The number of nitrogens with one attached hydrogen (secondary N) is 3. The molecule has 0 radical (unpaired) electrons. The minimum Gasteiger partial charge on any atom is -0.486 e. The van der Waals surface area contributed by atoms with Crippen molar-refractivity contribution in [3.8, 4) is 11.5 Å². The van der Waals surface area contributed by atoms with E-state index >= 15 is 0 Å². The lowest BCUT2D eigenvalue weighted by molar-refractivity contribution is -0.122. The lowest BCUT2D eigenvalue weighted by Gasteiger charge is -2.29. The van der Waals surface area contributed by atoms with Crippen LogP contribution in [0, 0.1) is 0 Å². The molecule has 4 heterocycles. The summed E-state index contributed by atoms with van der Waals surface area (Å²) in [6.07, 6.45) is 0.653. The fraction of sp³-hybridized carbons (Fsp3) is 0.280. The Morgan fingerprint density at radius 1 is 1.09 bits per heavy atom. The van der Waals surface area contributed by atoms with Gasteiger partial charge in [0.2, 0.25) is 17.8 Å². The average Bonchev–Trinajstić information content (AvgIpc) is 3.18. The van der Waals surface area contributed by atoms with Crippen molar-refractivity contribution in [3.05, 3.63) is 69.5 Å². The van der Waals surface area contributed by atoms with Crippen molar-refractivity contribution >= 4 is 29.3 Å². The molecule has 2 aromatic carbocycles. The summed E-state index contributed by atoms with van der Waals surface area (Å²) in [4.78, 5) is 47.7. The first kappa shape index (κ1) is 21.2. The molecule has 35 heavy (non-hydrogen) atoms. The number of ether oxygens (including phenoxy) is 2. The number of carbonyl (C=O) groups excluding carboxylic acids is 2. The predicted octanol–water partition coefficient (Wildman–Crippen LogP) is 2.17. The summed E-state index contributed by atoms with van der Waals surface area (Å²) < 4.78 is 11.0. The van der Waals surface area contributed by atoms with Crippen LogP contribution < -0.4 is 30.6 Å². The predicted molar refractivity (Wildman–Crippen MR) is 128 cm³/mol. The highest BCUT2D eigenvalue weighted by Crippen LogP contribution is 2.34. The maximum Gasteiger partial charge on any atom is 0.258 e. The number of H-pyrrole nitrogens is 1. The molecule has 0 unspecified atom stereocenters. The zero-order valence-electron chi connectivity index (χ0n) is 18.8. The van der Waals surface area contributed by atoms with Crippen molar-refractivity contribution in [2.75, 3.05) is 35.3 Å². The highest BCUT2D eigenvalue weighted by Gasteiger charge is 2.37. The van der Waals surface area contributed by atoms with Gasteiger partial charge in [-0.2, -0.15) is 4.98 Å². The van der Waals surface area contributed by atoms with E-state index in [0.717, 1.165) is 6.42 Å². The maximum absolute atomic E-state index is 13.0. The average molecular weight is 473 g/mol. The summed E-state index contributed by atoms with van der Waals surface area (Å²) in [5, 5.41) is 5.45. The minimum absolute atomic E-state index is 0.186. The topological polar surface area (TPSA) is 126 Å². The molecule has 3 aliphatic heterocycles. The van der Waals surface area contributed by atoms with Crippen LogP contribution in [-0.4, -0.2) is 41.5 Å². The molecule has 6 rings (SSSR count). The Hall–Kier alpha value is -4.34. The Kier molecular flexibility index (Phi) is 5.13. The van der Waals surface area contributed by atoms with Crippen LogP contribution in [0.3, 0.4) is 0 Å². The highest BCUT2D eigenvalue weighted by molar-refractivity contribution is 6.05. The lowest BCUT2D eigenvalue weighted by atomic mass is 9.99. The Bertz CT molecular complexity index is 1400. The Labute approximate surface area is 200 Å². The molecule has 10 nitrogen and oxygen atoms in total. The van der Waals surface area contributed by atoms with Gasteiger partial charge in [-0.3, -0.25) is 19.4 Å². The molecule has 1 atom stereocenters. The van der Waals surface area contributed by atoms with E-state index in [1.807, 2.05) is 17.0 Å². The molecule has 0 saturated carbocycles. The minimum atomic E-state index is -0.922. The van der Waals surface area contributed by atoms with Crippen molar-refractivity contribution < 1.29 is 19.1 Å². The fourth-order valence-electron chi connectivity index (χ4n) is 4.76. The number of hydrogen-bond donors (Lipinski definition) is 3. The second-order valence-corrected chi connectivity index (χ2v) is 8.74. The molecule has 1 aromatic heterocycles. The van der Waals surface area contributed by atoms with Crippen LogP contribution in [0.1, 0.15) is 29.0 Å². The standard InChI is InChI=1S/C25H23N5O5/c31-20(26-16-5-6-18-19(11-16)35-10-9-34-18)12-17-21-22(27-23(17)32)28-25(29-24(21)33)30-8-7-14-3-1-2-4-15(14)13-30/h1-6,11,17H,7-10,12-13H2,(H,26,31)(H2,27,28,29,32,33)/t17-/m0/s1. The van der Waals surface area contributed by atoms with Gasteiger partial charge in [-0.25, -0.2) is 0 Å². The number of aromatic nitrogens is 2. The second-order valence-electron chi connectivity index (χ2n) is 8.74. The third-order valence-corrected chi connectivity index (χ3v) is 6.49. The number of rotatable bonds is 4. The zero-order chi connectivity index (χ0) is 23.9. The summed E-state index contributed by atoms with van der Waals surface area (Å²) >= 11 is 0. The highest BCUT2D eigenvalue weighted by atomic mass is 16.6. The second kappa shape index (κ2) is 8.46. The van der Waals surface area contributed by atoms with Crippen molar-refractivity contribution in [2.45, 2.75) is 25.3 Å². The number of carbonyl (C=O) groups is 2. The normalized spacial score (nSPS) is 17.9. The molecule has 2 amide bonds. The van der Waals surface area contributed by atoms with Crippen molar-refractivity contribution in [1.29, 1.82) is 0 Å². The number of fused-ring (bicyclic) bond motifs is 3. The van der Waals surface area contributed by atoms with Gasteiger partial charge < -0.3 is 25.0 Å². The van der Waals surface area contributed by atoms with E-state index in [9.17, 15) is 14.4 Å². The number of amides is 2. The summed E-state index contributed by atoms with van der Waals surface area (Å²) in [7, 11) is 0. The smallest absolute Gasteiger partial charge is 0.258 e. The quantitative estimate of drug-likeness (QED) is 0.530. The first-order valence-electron chi connectivity index (χ1n) is 11.5. The molecule has 0 saturated heterocycles. The van der Waals surface area contributed by atoms with Gasteiger partial charge in [0.25, 0.3) is 5.56 Å². The van der Waals surface area contributed by atoms with Gasteiger partial charge >= 0.3 is 0 Å². The maximum atomic E-state index is 13.0. The number of aromatic amines is 1. The van der Waals surface area contributed by atoms with Crippen LogP contribution in [0.25, 0.3) is 0 Å². The number of nitrogens with zero attached hydrogens (tertiary/aromatic N) is 2. The fourth-order valence-corrected chi connectivity index (χ4v) is 4.76. The summed E-state index contributed by atoms with van der Waals surface area (Å²) in [6.45, 7) is 2.23. The van der Waals surface area contributed by atoms with Gasteiger partial charge in [0.1, 0.15) is 19.0 Å². The van der Waals surface area contributed by atoms with E-state index in [4.69, 9.17) is 9.47 Å². The largest absolute Gasteiger partial charge is 0.486 e. The molecular weight excluding hydrogens is 450 g/mol. The van der Waals surface area contributed by atoms with Crippen LogP contribution in [0.2, 0.25) is 0 Å². The molecule has 178 valence electrons. The van der Waals surface area contributed by atoms with Crippen molar-refractivity contribution in [1.82, 2.24) is 9.97 Å². The van der Waals surface area contributed by atoms with Gasteiger partial charge in [-0.15, -0.1) is 0 Å². The van der Waals surface area contributed by atoms with Crippen molar-refractivity contribution in [2.24, 2.45) is 0 Å². The molecule has 3 aliphatic rings. The SMILES string of the molecule is O=C(C[C@@H]1C(=O)Nc2nc(N3CCc4ccccc4C3)[nH]c(=O)c21)Nc1ccc2c(c1)OCCO2.